The molecule has 0 fully saturated rings. The molecule has 1 aromatic heterocycles. The Bertz CT molecular complexity index is 596. The molecule has 4 heteroatoms. The number of hydrogen-bond donors (Lipinski definition) is 0. The van der Waals surface area contributed by atoms with Gasteiger partial charge in [-0.1, -0.05) is 0 Å². The van der Waals surface area contributed by atoms with Crippen LogP contribution in [0.25, 0.3) is 0 Å². The van der Waals surface area contributed by atoms with Gasteiger partial charge in [0.25, 0.3) is 0 Å². The number of aryl methyl sites for hydroxylation is 1. The highest BCUT2D eigenvalue weighted by atomic mass is 19.1. The first-order chi connectivity index (χ1) is 8.61. The highest BCUT2D eigenvalue weighted by molar-refractivity contribution is 6.10. The molecule has 0 spiro atoms. The summed E-state index contributed by atoms with van der Waals surface area (Å²) < 4.78 is 18.3. The lowest BCUT2D eigenvalue weighted by Gasteiger charge is -2.07. The zero-order chi connectivity index (χ0) is 13.1. The van der Waals surface area contributed by atoms with Crippen molar-refractivity contribution in [3.05, 3.63) is 59.2 Å². The minimum atomic E-state index is -0.472. The van der Waals surface area contributed by atoms with Crippen LogP contribution in [-0.4, -0.2) is 17.9 Å². The number of hydrogen-bond acceptors (Lipinski definition) is 3. The van der Waals surface area contributed by atoms with E-state index in [1.165, 1.54) is 31.5 Å². The Morgan fingerprint density at radius 2 is 2.06 bits per heavy atom. The van der Waals surface area contributed by atoms with E-state index >= 15 is 0 Å². The van der Waals surface area contributed by atoms with Crippen molar-refractivity contribution in [3.8, 4) is 5.75 Å². The second-order valence-electron chi connectivity index (χ2n) is 3.92. The van der Waals surface area contributed by atoms with Crippen molar-refractivity contribution in [2.75, 3.05) is 7.11 Å². The van der Waals surface area contributed by atoms with Crippen molar-refractivity contribution in [1.82, 2.24) is 4.98 Å². The Hall–Kier alpha value is -2.23. The highest BCUT2D eigenvalue weighted by Crippen LogP contribution is 2.22. The molecule has 0 N–H and O–H groups in total. The predicted molar refractivity (Wildman–Crippen MR) is 65.4 cm³/mol. The number of ether oxygens (including phenoxy) is 1. The summed E-state index contributed by atoms with van der Waals surface area (Å²) in [4.78, 5) is 16.2. The minimum Gasteiger partial charge on any atom is -0.496 e. The molecule has 0 bridgehead atoms. The molecule has 2 rings (SSSR count). The van der Waals surface area contributed by atoms with Crippen LogP contribution in [0.4, 0.5) is 4.39 Å². The molecule has 18 heavy (non-hydrogen) atoms. The molecule has 1 aromatic carbocycles. The van der Waals surface area contributed by atoms with Crippen molar-refractivity contribution in [2.24, 2.45) is 0 Å². The first-order valence-corrected chi connectivity index (χ1v) is 5.41. The Balaban J connectivity index is 2.48. The lowest BCUT2D eigenvalue weighted by atomic mass is 10.0. The smallest absolute Gasteiger partial charge is 0.198 e. The fourth-order valence-electron chi connectivity index (χ4n) is 1.69. The Morgan fingerprint density at radius 1 is 1.28 bits per heavy atom. The molecule has 0 saturated heterocycles. The number of ketones is 1. The molecule has 0 saturated carbocycles. The molecule has 1 heterocycles. The van der Waals surface area contributed by atoms with E-state index in [0.717, 1.165) is 5.56 Å². The molecule has 0 aliphatic carbocycles. The van der Waals surface area contributed by atoms with Gasteiger partial charge in [0.2, 0.25) is 0 Å². The topological polar surface area (TPSA) is 39.2 Å². The first-order valence-electron chi connectivity index (χ1n) is 5.41. The molecule has 92 valence electrons. The van der Waals surface area contributed by atoms with Gasteiger partial charge in [0.1, 0.15) is 11.6 Å². The molecule has 0 unspecified atom stereocenters. The van der Waals surface area contributed by atoms with Gasteiger partial charge >= 0.3 is 0 Å². The molecule has 0 atom stereocenters. The van der Waals surface area contributed by atoms with E-state index in [1.54, 1.807) is 12.3 Å². The summed E-state index contributed by atoms with van der Waals surface area (Å²) >= 11 is 0. The zero-order valence-corrected chi connectivity index (χ0v) is 10.1. The third-order valence-electron chi connectivity index (χ3n) is 2.54. The van der Waals surface area contributed by atoms with Crippen molar-refractivity contribution in [1.29, 1.82) is 0 Å². The fourth-order valence-corrected chi connectivity index (χ4v) is 1.69. The van der Waals surface area contributed by atoms with Crippen LogP contribution in [0.3, 0.4) is 0 Å². The van der Waals surface area contributed by atoms with Crippen LogP contribution in [0.5, 0.6) is 5.75 Å². The number of benzene rings is 1. The standard InChI is InChI=1S/C14H12FNO2/c1-9-5-10(8-16-7-9)14(17)12-6-11(15)3-4-13(12)18-2/h3-8H,1-2H3. The van der Waals surface area contributed by atoms with Gasteiger partial charge in [0.05, 0.1) is 12.7 Å². The van der Waals surface area contributed by atoms with Crippen LogP contribution in [0, 0.1) is 12.7 Å². The van der Waals surface area contributed by atoms with E-state index < -0.39 is 5.82 Å². The number of halogens is 1. The summed E-state index contributed by atoms with van der Waals surface area (Å²) in [6.07, 6.45) is 3.11. The van der Waals surface area contributed by atoms with Crippen molar-refractivity contribution in [3.63, 3.8) is 0 Å². The summed E-state index contributed by atoms with van der Waals surface area (Å²) in [6, 6.07) is 5.57. The van der Waals surface area contributed by atoms with Crippen LogP contribution < -0.4 is 4.74 Å². The van der Waals surface area contributed by atoms with Crippen LogP contribution >= 0.6 is 0 Å². The second kappa shape index (κ2) is 4.96. The number of carbonyl (C=O) groups is 1. The third-order valence-corrected chi connectivity index (χ3v) is 2.54. The lowest BCUT2D eigenvalue weighted by molar-refractivity contribution is 0.103. The molecular formula is C14H12FNO2. The van der Waals surface area contributed by atoms with Gasteiger partial charge < -0.3 is 4.74 Å². The lowest BCUT2D eigenvalue weighted by Crippen LogP contribution is -2.05. The molecule has 2 aromatic rings. The molecule has 0 aliphatic rings. The van der Waals surface area contributed by atoms with Gasteiger partial charge in [0, 0.05) is 18.0 Å². The van der Waals surface area contributed by atoms with Crippen LogP contribution in [0.2, 0.25) is 0 Å². The SMILES string of the molecule is COc1ccc(F)cc1C(=O)c1cncc(C)c1. The van der Waals surface area contributed by atoms with Crippen molar-refractivity contribution >= 4 is 5.78 Å². The van der Waals surface area contributed by atoms with Crippen LogP contribution in [-0.2, 0) is 0 Å². The van der Waals surface area contributed by atoms with Gasteiger partial charge in [0.15, 0.2) is 5.78 Å². The zero-order valence-electron chi connectivity index (χ0n) is 10.1. The quantitative estimate of drug-likeness (QED) is 0.780. The van der Waals surface area contributed by atoms with Crippen LogP contribution in [0.15, 0.2) is 36.7 Å². The number of methoxy groups -OCH3 is 1. The Morgan fingerprint density at radius 3 is 2.72 bits per heavy atom. The fraction of sp³-hybridized carbons (Fsp3) is 0.143. The van der Waals surface area contributed by atoms with E-state index in [1.807, 2.05) is 6.92 Å². The number of nitrogens with zero attached hydrogens (tertiary/aromatic N) is 1. The van der Waals surface area contributed by atoms with Crippen molar-refractivity contribution < 1.29 is 13.9 Å². The minimum absolute atomic E-state index is 0.199. The van der Waals surface area contributed by atoms with Gasteiger partial charge in [-0.25, -0.2) is 4.39 Å². The number of pyridine rings is 1. The predicted octanol–water partition coefficient (Wildman–Crippen LogP) is 2.77. The third kappa shape index (κ3) is 2.37. The average molecular weight is 245 g/mol. The molecule has 0 aliphatic heterocycles. The van der Waals surface area contributed by atoms with E-state index in [-0.39, 0.29) is 11.3 Å². The maximum Gasteiger partial charge on any atom is 0.198 e. The van der Waals surface area contributed by atoms with Crippen LogP contribution in [0.1, 0.15) is 21.5 Å². The van der Waals surface area contributed by atoms with Crippen molar-refractivity contribution in [2.45, 2.75) is 6.92 Å². The van der Waals surface area contributed by atoms with E-state index in [4.69, 9.17) is 4.74 Å². The Kier molecular flexibility index (Phi) is 3.37. The average Bonchev–Trinajstić information content (AvgIpc) is 2.38. The van der Waals surface area contributed by atoms with E-state index in [0.29, 0.717) is 11.3 Å². The first kappa shape index (κ1) is 12.2. The van der Waals surface area contributed by atoms with E-state index in [9.17, 15) is 9.18 Å². The largest absolute Gasteiger partial charge is 0.496 e. The molecule has 0 radical (unpaired) electrons. The maximum absolute atomic E-state index is 13.2. The summed E-state index contributed by atoms with van der Waals surface area (Å²) in [5, 5.41) is 0. The summed E-state index contributed by atoms with van der Waals surface area (Å²) in [6.45, 7) is 1.84. The summed E-state index contributed by atoms with van der Waals surface area (Å²) in [5.41, 5.74) is 1.49. The van der Waals surface area contributed by atoms with Gasteiger partial charge in [-0.3, -0.25) is 9.78 Å². The molecule has 0 amide bonds. The molecule has 3 nitrogen and oxygen atoms in total. The monoisotopic (exact) mass is 245 g/mol. The van der Waals surface area contributed by atoms with E-state index in [2.05, 4.69) is 4.98 Å². The van der Waals surface area contributed by atoms with Gasteiger partial charge in [-0.05, 0) is 36.8 Å². The second-order valence-corrected chi connectivity index (χ2v) is 3.92. The number of carbonyl (C=O) groups excluding carboxylic acids is 1. The number of rotatable bonds is 3. The Labute approximate surface area is 104 Å². The number of aromatic nitrogens is 1. The summed E-state index contributed by atoms with van der Waals surface area (Å²) in [5.74, 6) is -0.426. The highest BCUT2D eigenvalue weighted by Gasteiger charge is 2.15. The summed E-state index contributed by atoms with van der Waals surface area (Å²) in [7, 11) is 1.44. The van der Waals surface area contributed by atoms with Gasteiger partial charge in [-0.15, -0.1) is 0 Å². The normalized spacial score (nSPS) is 10.2. The maximum atomic E-state index is 13.2. The van der Waals surface area contributed by atoms with Gasteiger partial charge in [-0.2, -0.15) is 0 Å². The molecular weight excluding hydrogens is 233 g/mol.